The highest BCUT2D eigenvalue weighted by molar-refractivity contribution is 9.10. The van der Waals surface area contributed by atoms with E-state index in [1.165, 1.54) is 0 Å². The highest BCUT2D eigenvalue weighted by atomic mass is 79.9. The maximum absolute atomic E-state index is 6.19. The van der Waals surface area contributed by atoms with Gasteiger partial charge in [0.1, 0.15) is 0 Å². The second-order valence-electron chi connectivity index (χ2n) is 4.34. The number of nitrogens with zero attached hydrogens (tertiary/aromatic N) is 1. The van der Waals surface area contributed by atoms with Crippen LogP contribution in [0, 0.1) is 6.92 Å². The third-order valence-corrected chi connectivity index (χ3v) is 3.62. The Morgan fingerprint density at radius 3 is 2.78 bits per heavy atom. The van der Waals surface area contributed by atoms with Crippen molar-refractivity contribution in [2.75, 3.05) is 0 Å². The maximum atomic E-state index is 6.19. The van der Waals surface area contributed by atoms with Gasteiger partial charge in [-0.3, -0.25) is 4.98 Å². The number of pyridine rings is 1. The van der Waals surface area contributed by atoms with Crippen molar-refractivity contribution in [3.63, 3.8) is 0 Å². The van der Waals surface area contributed by atoms with Gasteiger partial charge in [-0.1, -0.05) is 39.7 Å². The zero-order valence-electron chi connectivity index (χ0n) is 10.0. The minimum atomic E-state index is -0.0870. The molecular formula is C14H14BrClN2. The monoisotopic (exact) mass is 324 g/mol. The molecule has 0 amide bonds. The van der Waals surface area contributed by atoms with Crippen LogP contribution < -0.4 is 5.73 Å². The molecule has 1 atom stereocenters. The van der Waals surface area contributed by atoms with Crippen molar-refractivity contribution in [2.45, 2.75) is 19.4 Å². The Kier molecular flexibility index (Phi) is 4.38. The van der Waals surface area contributed by atoms with E-state index in [1.54, 1.807) is 0 Å². The first-order chi connectivity index (χ1) is 8.56. The van der Waals surface area contributed by atoms with Gasteiger partial charge in [-0.25, -0.2) is 0 Å². The molecule has 2 nitrogen and oxygen atoms in total. The quantitative estimate of drug-likeness (QED) is 0.924. The lowest BCUT2D eigenvalue weighted by Crippen LogP contribution is -2.14. The highest BCUT2D eigenvalue weighted by Gasteiger charge is 2.10. The average Bonchev–Trinajstić information content (AvgIpc) is 2.32. The zero-order valence-corrected chi connectivity index (χ0v) is 12.4. The maximum Gasteiger partial charge on any atom is 0.0449 e. The molecule has 4 heteroatoms. The topological polar surface area (TPSA) is 38.9 Å². The van der Waals surface area contributed by atoms with E-state index in [0.29, 0.717) is 6.42 Å². The summed E-state index contributed by atoms with van der Waals surface area (Å²) in [6.45, 7) is 2.01. The predicted octanol–water partition coefficient (Wildman–Crippen LogP) is 4.05. The van der Waals surface area contributed by atoms with Gasteiger partial charge in [0.2, 0.25) is 0 Å². The third kappa shape index (κ3) is 3.31. The van der Waals surface area contributed by atoms with E-state index in [9.17, 15) is 0 Å². The van der Waals surface area contributed by atoms with E-state index in [4.69, 9.17) is 17.3 Å². The molecule has 1 aromatic carbocycles. The van der Waals surface area contributed by atoms with Crippen molar-refractivity contribution in [1.82, 2.24) is 4.98 Å². The number of halogens is 2. The molecule has 0 aliphatic carbocycles. The number of benzene rings is 1. The van der Waals surface area contributed by atoms with Crippen molar-refractivity contribution in [2.24, 2.45) is 5.73 Å². The molecule has 0 spiro atoms. The minimum absolute atomic E-state index is 0.0870. The molecule has 0 aliphatic heterocycles. The number of hydrogen-bond acceptors (Lipinski definition) is 2. The normalized spacial score (nSPS) is 12.4. The van der Waals surface area contributed by atoms with Gasteiger partial charge in [-0.15, -0.1) is 0 Å². The van der Waals surface area contributed by atoms with Gasteiger partial charge in [0, 0.05) is 27.9 Å². The van der Waals surface area contributed by atoms with Crippen molar-refractivity contribution in [3.8, 4) is 0 Å². The fourth-order valence-corrected chi connectivity index (χ4v) is 2.57. The fraction of sp³-hybridized carbons (Fsp3) is 0.214. The summed E-state index contributed by atoms with van der Waals surface area (Å²) in [7, 11) is 0. The standard InChI is InChI=1S/C14H14BrClN2/c1-9-4-11(8-18-7-9)14(17)5-10-2-3-12(15)6-13(10)16/h2-4,6-8,14H,5,17H2,1H3. The average molecular weight is 326 g/mol. The fourth-order valence-electron chi connectivity index (χ4n) is 1.82. The van der Waals surface area contributed by atoms with Crippen LogP contribution in [0.3, 0.4) is 0 Å². The van der Waals surface area contributed by atoms with Crippen molar-refractivity contribution < 1.29 is 0 Å². The Morgan fingerprint density at radius 2 is 2.11 bits per heavy atom. The molecule has 2 N–H and O–H groups in total. The van der Waals surface area contributed by atoms with Gasteiger partial charge in [-0.2, -0.15) is 0 Å². The zero-order chi connectivity index (χ0) is 13.1. The van der Waals surface area contributed by atoms with E-state index in [-0.39, 0.29) is 6.04 Å². The summed E-state index contributed by atoms with van der Waals surface area (Å²) in [4.78, 5) is 4.16. The molecule has 0 radical (unpaired) electrons. The molecule has 18 heavy (non-hydrogen) atoms. The van der Waals surface area contributed by atoms with Crippen LogP contribution in [0.15, 0.2) is 41.1 Å². The Hall–Kier alpha value is -0.900. The molecule has 0 fully saturated rings. The summed E-state index contributed by atoms with van der Waals surface area (Å²) in [5.41, 5.74) is 9.39. The van der Waals surface area contributed by atoms with Crippen LogP contribution in [-0.4, -0.2) is 4.98 Å². The Balaban J connectivity index is 2.18. The van der Waals surface area contributed by atoms with E-state index < -0.39 is 0 Å². The molecule has 0 saturated heterocycles. The third-order valence-electron chi connectivity index (χ3n) is 2.78. The molecule has 0 bridgehead atoms. The first kappa shape index (κ1) is 13.5. The smallest absolute Gasteiger partial charge is 0.0449 e. The van der Waals surface area contributed by atoms with Crippen LogP contribution in [0.25, 0.3) is 0 Å². The Bertz CT molecular complexity index is 557. The van der Waals surface area contributed by atoms with Crippen molar-refractivity contribution in [1.29, 1.82) is 0 Å². The largest absolute Gasteiger partial charge is 0.324 e. The molecule has 1 heterocycles. The Morgan fingerprint density at radius 1 is 1.33 bits per heavy atom. The van der Waals surface area contributed by atoms with Crippen LogP contribution in [0.2, 0.25) is 5.02 Å². The molecule has 2 rings (SSSR count). The second-order valence-corrected chi connectivity index (χ2v) is 5.66. The summed E-state index contributed by atoms with van der Waals surface area (Å²) in [6.07, 6.45) is 4.34. The Labute approximate surface area is 120 Å². The number of hydrogen-bond donors (Lipinski definition) is 1. The molecule has 2 aromatic rings. The number of aromatic nitrogens is 1. The number of aryl methyl sites for hydroxylation is 1. The molecule has 94 valence electrons. The highest BCUT2D eigenvalue weighted by Crippen LogP contribution is 2.25. The van der Waals surface area contributed by atoms with E-state index in [2.05, 4.69) is 27.0 Å². The van der Waals surface area contributed by atoms with Gasteiger partial charge in [0.25, 0.3) is 0 Å². The van der Waals surface area contributed by atoms with Gasteiger partial charge < -0.3 is 5.73 Å². The van der Waals surface area contributed by atoms with E-state index in [1.807, 2.05) is 37.5 Å². The summed E-state index contributed by atoms with van der Waals surface area (Å²) in [5.74, 6) is 0. The molecular weight excluding hydrogens is 312 g/mol. The van der Waals surface area contributed by atoms with Gasteiger partial charge in [0.15, 0.2) is 0 Å². The van der Waals surface area contributed by atoms with Crippen LogP contribution in [0.5, 0.6) is 0 Å². The first-order valence-corrected chi connectivity index (χ1v) is 6.84. The molecule has 0 aliphatic rings. The minimum Gasteiger partial charge on any atom is -0.324 e. The lowest BCUT2D eigenvalue weighted by molar-refractivity contribution is 0.717. The van der Waals surface area contributed by atoms with Crippen molar-refractivity contribution >= 4 is 27.5 Å². The lowest BCUT2D eigenvalue weighted by Gasteiger charge is -2.13. The van der Waals surface area contributed by atoms with Crippen molar-refractivity contribution in [3.05, 3.63) is 62.8 Å². The van der Waals surface area contributed by atoms with Crippen LogP contribution in [0.1, 0.15) is 22.7 Å². The number of rotatable bonds is 3. The lowest BCUT2D eigenvalue weighted by atomic mass is 10.0. The van der Waals surface area contributed by atoms with Crippen LogP contribution >= 0.6 is 27.5 Å². The van der Waals surface area contributed by atoms with Gasteiger partial charge >= 0.3 is 0 Å². The van der Waals surface area contributed by atoms with Crippen LogP contribution in [-0.2, 0) is 6.42 Å². The number of nitrogens with two attached hydrogens (primary N) is 1. The summed E-state index contributed by atoms with van der Waals surface area (Å²) in [5, 5.41) is 0.737. The first-order valence-electron chi connectivity index (χ1n) is 5.67. The van der Waals surface area contributed by atoms with E-state index in [0.717, 1.165) is 26.2 Å². The summed E-state index contributed by atoms with van der Waals surface area (Å²) in [6, 6.07) is 7.83. The summed E-state index contributed by atoms with van der Waals surface area (Å²) >= 11 is 9.58. The molecule has 1 aromatic heterocycles. The SMILES string of the molecule is Cc1cncc(C(N)Cc2ccc(Br)cc2Cl)c1. The predicted molar refractivity (Wildman–Crippen MR) is 78.8 cm³/mol. The summed E-state index contributed by atoms with van der Waals surface area (Å²) < 4.78 is 0.974. The van der Waals surface area contributed by atoms with E-state index >= 15 is 0 Å². The van der Waals surface area contributed by atoms with Gasteiger partial charge in [-0.05, 0) is 42.2 Å². The second kappa shape index (κ2) is 5.83. The molecule has 1 unspecified atom stereocenters. The molecule has 0 saturated carbocycles. The van der Waals surface area contributed by atoms with Crippen LogP contribution in [0.4, 0.5) is 0 Å². The van der Waals surface area contributed by atoms with Gasteiger partial charge in [0.05, 0.1) is 0 Å².